The number of carbonyl (C=O) groups excluding carboxylic acids is 3. The number of esters is 2. The molecule has 0 bridgehead atoms. The maximum Gasteiger partial charge on any atom is 0.339 e. The van der Waals surface area contributed by atoms with Crippen molar-refractivity contribution in [2.24, 2.45) is 28.1 Å². The molecule has 180 valence electrons. The Bertz CT molecular complexity index is 1170. The van der Waals surface area contributed by atoms with Gasteiger partial charge in [-0.05, 0) is 45.6 Å². The van der Waals surface area contributed by atoms with Gasteiger partial charge in [-0.2, -0.15) is 0 Å². The van der Waals surface area contributed by atoms with E-state index in [0.717, 1.165) is 5.56 Å². The Labute approximate surface area is 196 Å². The molecule has 9 atom stereocenters. The second-order valence-electron chi connectivity index (χ2n) is 11.8. The fourth-order valence-electron chi connectivity index (χ4n) is 8.86. The highest BCUT2D eigenvalue weighted by Gasteiger charge is 2.89. The average Bonchev–Trinajstić information content (AvgIpc) is 3.26. The van der Waals surface area contributed by atoms with Gasteiger partial charge in [0.15, 0.2) is 6.10 Å². The summed E-state index contributed by atoms with van der Waals surface area (Å²) >= 11 is 0. The van der Waals surface area contributed by atoms with Crippen molar-refractivity contribution in [2.75, 3.05) is 0 Å². The molecular weight excluding hydrogens is 440 g/mol. The predicted molar refractivity (Wildman–Crippen MR) is 114 cm³/mol. The molecular formula is C26H28O8. The minimum atomic E-state index is -1.01. The standard InChI is InChI=1S/C26H28O8/c1-22(2)15-11-16(27)24(4)14(25(15)9-6-17(28)31-21(25)34-22)5-8-23(3)18(13-7-10-30-12-13)32-20(29)19-26(23,24)33-19/h6-7,9-10,12,14-15,18-19,21H,5,8,11H2,1-4H3/t14-,15-,18?,19?,21+,23+,24+,25+,26-/m1/s1. The van der Waals surface area contributed by atoms with Crippen LogP contribution in [0.3, 0.4) is 0 Å². The lowest BCUT2D eigenvalue weighted by Gasteiger charge is -2.64. The molecule has 0 amide bonds. The van der Waals surface area contributed by atoms with Crippen molar-refractivity contribution in [3.05, 3.63) is 36.3 Å². The third-order valence-corrected chi connectivity index (χ3v) is 10.3. The van der Waals surface area contributed by atoms with Crippen LogP contribution >= 0.6 is 0 Å². The number of ether oxygens (including phenoxy) is 4. The van der Waals surface area contributed by atoms with Crippen LogP contribution in [-0.2, 0) is 33.3 Å². The van der Waals surface area contributed by atoms with Gasteiger partial charge >= 0.3 is 11.9 Å². The Kier molecular flexibility index (Phi) is 3.59. The molecule has 2 saturated carbocycles. The molecule has 1 aromatic heterocycles. The van der Waals surface area contributed by atoms with Crippen molar-refractivity contribution in [3.63, 3.8) is 0 Å². The highest BCUT2D eigenvalue weighted by atomic mass is 16.7. The van der Waals surface area contributed by atoms with E-state index in [2.05, 4.69) is 6.92 Å². The van der Waals surface area contributed by atoms with Crippen molar-refractivity contribution < 1.29 is 37.7 Å². The number of cyclic esters (lactones) is 1. The number of rotatable bonds is 1. The van der Waals surface area contributed by atoms with E-state index in [4.69, 9.17) is 23.4 Å². The molecule has 8 nitrogen and oxygen atoms in total. The minimum absolute atomic E-state index is 0.0739. The molecule has 1 aromatic rings. The maximum atomic E-state index is 14.2. The molecule has 2 unspecified atom stereocenters. The molecule has 5 heterocycles. The fraction of sp³-hybridized carbons (Fsp3) is 0.654. The van der Waals surface area contributed by atoms with Gasteiger partial charge in [0.25, 0.3) is 0 Å². The van der Waals surface area contributed by atoms with Gasteiger partial charge in [0.05, 0.1) is 29.0 Å². The van der Waals surface area contributed by atoms with E-state index in [1.54, 1.807) is 18.6 Å². The smallest absolute Gasteiger partial charge is 0.339 e. The Morgan fingerprint density at radius 2 is 1.76 bits per heavy atom. The Morgan fingerprint density at radius 3 is 2.50 bits per heavy atom. The van der Waals surface area contributed by atoms with Crippen LogP contribution in [0.5, 0.6) is 0 Å². The van der Waals surface area contributed by atoms with Crippen LogP contribution in [0.15, 0.2) is 35.2 Å². The van der Waals surface area contributed by atoms with Crippen molar-refractivity contribution in [1.29, 1.82) is 0 Å². The predicted octanol–water partition coefficient (Wildman–Crippen LogP) is 3.26. The highest BCUT2D eigenvalue weighted by molar-refractivity contribution is 5.93. The second-order valence-corrected chi connectivity index (χ2v) is 11.8. The van der Waals surface area contributed by atoms with Gasteiger partial charge < -0.3 is 23.4 Å². The van der Waals surface area contributed by atoms with Gasteiger partial charge in [-0.1, -0.05) is 13.0 Å². The van der Waals surface area contributed by atoms with E-state index in [9.17, 15) is 14.4 Å². The Hall–Kier alpha value is -2.45. The van der Waals surface area contributed by atoms with Crippen molar-refractivity contribution >= 4 is 17.7 Å². The van der Waals surface area contributed by atoms with Gasteiger partial charge in [-0.15, -0.1) is 0 Å². The summed E-state index contributed by atoms with van der Waals surface area (Å²) in [7, 11) is 0. The molecule has 0 radical (unpaired) electrons. The Balaban J connectivity index is 1.43. The van der Waals surface area contributed by atoms with Crippen LogP contribution in [-0.4, -0.2) is 41.3 Å². The molecule has 0 N–H and O–H groups in total. The summed E-state index contributed by atoms with van der Waals surface area (Å²) in [6.07, 6.45) is 6.02. The van der Waals surface area contributed by atoms with Crippen LogP contribution in [0.1, 0.15) is 58.6 Å². The topological polar surface area (TPSA) is 105 Å². The van der Waals surface area contributed by atoms with Crippen LogP contribution in [0.4, 0.5) is 0 Å². The van der Waals surface area contributed by atoms with E-state index < -0.39 is 57.9 Å². The van der Waals surface area contributed by atoms with Crippen molar-refractivity contribution in [2.45, 2.75) is 76.7 Å². The number of ketones is 1. The van der Waals surface area contributed by atoms with Crippen LogP contribution in [0.2, 0.25) is 0 Å². The second kappa shape index (κ2) is 5.85. The first-order valence-electron chi connectivity index (χ1n) is 12.0. The number of epoxide rings is 1. The third-order valence-electron chi connectivity index (χ3n) is 10.3. The summed E-state index contributed by atoms with van der Waals surface area (Å²) in [5.74, 6) is -1.19. The molecule has 5 fully saturated rings. The van der Waals surface area contributed by atoms with E-state index in [-0.39, 0.29) is 24.0 Å². The molecule has 34 heavy (non-hydrogen) atoms. The molecule has 2 spiro atoms. The Morgan fingerprint density at radius 1 is 0.971 bits per heavy atom. The SMILES string of the molecule is CC1(C)O[C@@H]2OC(=O)C=C[C@]23[C@@H]1CC(=O)[C@]1(C)[C@H]3CC[C@@]2(C)C(c3ccoc3)OC(=O)C3O[C@]321. The van der Waals surface area contributed by atoms with Gasteiger partial charge in [-0.25, -0.2) is 9.59 Å². The van der Waals surface area contributed by atoms with E-state index in [1.165, 1.54) is 6.08 Å². The summed E-state index contributed by atoms with van der Waals surface area (Å²) in [4.78, 5) is 39.5. The summed E-state index contributed by atoms with van der Waals surface area (Å²) in [6, 6.07) is 1.80. The maximum absolute atomic E-state index is 14.2. The van der Waals surface area contributed by atoms with Crippen molar-refractivity contribution in [3.8, 4) is 0 Å². The quantitative estimate of drug-likeness (QED) is 0.457. The van der Waals surface area contributed by atoms with E-state index in [1.807, 2.05) is 26.8 Å². The van der Waals surface area contributed by atoms with Gasteiger partial charge in [0.2, 0.25) is 6.29 Å². The molecule has 2 aliphatic carbocycles. The first kappa shape index (κ1) is 20.9. The number of furan rings is 1. The zero-order chi connectivity index (χ0) is 23.9. The molecule has 7 rings (SSSR count). The van der Waals surface area contributed by atoms with Crippen molar-refractivity contribution in [1.82, 2.24) is 0 Å². The largest absolute Gasteiger partial charge is 0.472 e. The number of fused-ring (bicyclic) bond motifs is 1. The summed E-state index contributed by atoms with van der Waals surface area (Å²) in [5.41, 5.74) is -3.18. The highest BCUT2D eigenvalue weighted by Crippen LogP contribution is 2.79. The van der Waals surface area contributed by atoms with Gasteiger partial charge in [-0.3, -0.25) is 4.79 Å². The summed E-state index contributed by atoms with van der Waals surface area (Å²) in [5, 5.41) is 0. The van der Waals surface area contributed by atoms with E-state index in [0.29, 0.717) is 12.8 Å². The zero-order valence-corrected chi connectivity index (χ0v) is 19.7. The van der Waals surface area contributed by atoms with Crippen LogP contribution in [0, 0.1) is 28.1 Å². The molecule has 4 aliphatic heterocycles. The van der Waals surface area contributed by atoms with Crippen LogP contribution < -0.4 is 0 Å². The molecule has 8 heteroatoms. The molecule has 0 aromatic carbocycles. The fourth-order valence-corrected chi connectivity index (χ4v) is 8.86. The zero-order valence-electron chi connectivity index (χ0n) is 19.7. The lowest BCUT2D eigenvalue weighted by Crippen LogP contribution is -2.71. The lowest BCUT2D eigenvalue weighted by molar-refractivity contribution is -0.229. The first-order chi connectivity index (χ1) is 16.0. The third kappa shape index (κ3) is 1.97. The van der Waals surface area contributed by atoms with Crippen LogP contribution in [0.25, 0.3) is 0 Å². The number of hydrogen-bond acceptors (Lipinski definition) is 8. The minimum Gasteiger partial charge on any atom is -0.472 e. The average molecular weight is 469 g/mol. The van der Waals surface area contributed by atoms with E-state index >= 15 is 0 Å². The summed E-state index contributed by atoms with van der Waals surface area (Å²) < 4.78 is 29.6. The number of hydrogen-bond donors (Lipinski definition) is 0. The lowest BCUT2D eigenvalue weighted by atomic mass is 9.37. The summed E-state index contributed by atoms with van der Waals surface area (Å²) in [6.45, 7) is 7.95. The van der Waals surface area contributed by atoms with Gasteiger partial charge in [0, 0.05) is 29.4 Å². The molecule has 3 saturated heterocycles. The molecule has 6 aliphatic rings. The monoisotopic (exact) mass is 468 g/mol. The normalized spacial score (nSPS) is 51.9. The number of Topliss-reactive ketones (excluding diaryl/α,β-unsaturated/α-hetero) is 1. The number of carbonyl (C=O) groups is 3. The van der Waals surface area contributed by atoms with Gasteiger partial charge in [0.1, 0.15) is 17.5 Å². The first-order valence-corrected chi connectivity index (χ1v) is 12.0.